The van der Waals surface area contributed by atoms with Crippen molar-refractivity contribution in [3.63, 3.8) is 0 Å². The van der Waals surface area contributed by atoms with Crippen LogP contribution in [0.1, 0.15) is 18.6 Å². The summed E-state index contributed by atoms with van der Waals surface area (Å²) in [5.41, 5.74) is 3.38. The molecule has 0 amide bonds. The van der Waals surface area contributed by atoms with E-state index in [-0.39, 0.29) is 0 Å². The van der Waals surface area contributed by atoms with E-state index in [1.807, 2.05) is 5.48 Å². The predicted octanol–water partition coefficient (Wildman–Crippen LogP) is 1.54. The molecular formula is C8H11NO2. The third-order valence-electron chi connectivity index (χ3n) is 1.50. The van der Waals surface area contributed by atoms with E-state index in [1.165, 1.54) is 0 Å². The van der Waals surface area contributed by atoms with Gasteiger partial charge in [0.05, 0.1) is 11.8 Å². The van der Waals surface area contributed by atoms with Gasteiger partial charge in [0.1, 0.15) is 0 Å². The minimum atomic E-state index is -0.497. The van der Waals surface area contributed by atoms with Crippen molar-refractivity contribution in [1.82, 2.24) is 0 Å². The molecule has 1 atom stereocenters. The molecule has 1 rings (SSSR count). The van der Waals surface area contributed by atoms with Crippen LogP contribution in [0.5, 0.6) is 0 Å². The molecule has 1 aromatic carbocycles. The Balaban J connectivity index is 2.91. The fourth-order valence-corrected chi connectivity index (χ4v) is 0.868. The van der Waals surface area contributed by atoms with Crippen molar-refractivity contribution in [2.24, 2.45) is 0 Å². The number of benzene rings is 1. The Hall–Kier alpha value is -1.06. The highest BCUT2D eigenvalue weighted by Crippen LogP contribution is 2.15. The number of rotatable bonds is 2. The highest BCUT2D eigenvalue weighted by atomic mass is 16.5. The minimum absolute atomic E-state index is 0.497. The Morgan fingerprint density at radius 1 is 1.45 bits per heavy atom. The normalized spacial score (nSPS) is 12.6. The van der Waals surface area contributed by atoms with E-state index in [1.54, 1.807) is 31.2 Å². The number of aliphatic hydroxyl groups is 1. The van der Waals surface area contributed by atoms with Crippen LogP contribution in [0, 0.1) is 0 Å². The highest BCUT2D eigenvalue weighted by molar-refractivity contribution is 5.43. The van der Waals surface area contributed by atoms with Crippen LogP contribution in [0.3, 0.4) is 0 Å². The fraction of sp³-hybridized carbons (Fsp3) is 0.250. The van der Waals surface area contributed by atoms with Gasteiger partial charge in [0.2, 0.25) is 0 Å². The van der Waals surface area contributed by atoms with Crippen LogP contribution in [0.15, 0.2) is 24.3 Å². The van der Waals surface area contributed by atoms with Gasteiger partial charge >= 0.3 is 0 Å². The van der Waals surface area contributed by atoms with Gasteiger partial charge in [0.15, 0.2) is 0 Å². The number of hydrogen-bond donors (Lipinski definition) is 3. The Morgan fingerprint density at radius 2 is 2.18 bits per heavy atom. The average molecular weight is 153 g/mol. The molecule has 0 fully saturated rings. The molecule has 11 heavy (non-hydrogen) atoms. The van der Waals surface area contributed by atoms with Gasteiger partial charge in [0, 0.05) is 0 Å². The van der Waals surface area contributed by atoms with E-state index in [9.17, 15) is 0 Å². The van der Waals surface area contributed by atoms with Gasteiger partial charge in [-0.1, -0.05) is 12.1 Å². The summed E-state index contributed by atoms with van der Waals surface area (Å²) in [6.45, 7) is 1.68. The van der Waals surface area contributed by atoms with Crippen molar-refractivity contribution in [2.45, 2.75) is 13.0 Å². The molecule has 1 unspecified atom stereocenters. The lowest BCUT2D eigenvalue weighted by Gasteiger charge is -2.05. The van der Waals surface area contributed by atoms with Crippen molar-refractivity contribution >= 4 is 5.69 Å². The van der Waals surface area contributed by atoms with E-state index < -0.39 is 6.10 Å². The van der Waals surface area contributed by atoms with E-state index in [0.29, 0.717) is 5.69 Å². The van der Waals surface area contributed by atoms with E-state index in [0.717, 1.165) is 5.56 Å². The summed E-state index contributed by atoms with van der Waals surface area (Å²) in [5, 5.41) is 17.6. The van der Waals surface area contributed by atoms with Crippen molar-refractivity contribution in [2.75, 3.05) is 5.48 Å². The molecule has 0 spiro atoms. The maximum Gasteiger partial charge on any atom is 0.0762 e. The maximum absolute atomic E-state index is 9.13. The van der Waals surface area contributed by atoms with Gasteiger partial charge in [-0.2, -0.15) is 0 Å². The first-order chi connectivity index (χ1) is 5.24. The highest BCUT2D eigenvalue weighted by Gasteiger charge is 1.99. The van der Waals surface area contributed by atoms with Crippen LogP contribution in [0.2, 0.25) is 0 Å². The monoisotopic (exact) mass is 153 g/mol. The summed E-state index contributed by atoms with van der Waals surface area (Å²) in [6, 6.07) is 6.96. The second kappa shape index (κ2) is 3.37. The molecular weight excluding hydrogens is 142 g/mol. The lowest BCUT2D eigenvalue weighted by molar-refractivity contribution is 0.199. The summed E-state index contributed by atoms with van der Waals surface area (Å²) in [5.74, 6) is 0. The van der Waals surface area contributed by atoms with Crippen LogP contribution < -0.4 is 5.48 Å². The maximum atomic E-state index is 9.13. The Morgan fingerprint density at radius 3 is 2.73 bits per heavy atom. The Bertz CT molecular complexity index is 235. The van der Waals surface area contributed by atoms with Gasteiger partial charge in [-0.3, -0.25) is 10.7 Å². The zero-order valence-electron chi connectivity index (χ0n) is 6.28. The van der Waals surface area contributed by atoms with Gasteiger partial charge in [0.25, 0.3) is 0 Å². The molecule has 0 saturated heterocycles. The zero-order chi connectivity index (χ0) is 8.27. The predicted molar refractivity (Wildman–Crippen MR) is 42.5 cm³/mol. The summed E-state index contributed by atoms with van der Waals surface area (Å²) in [6.07, 6.45) is -0.497. The molecule has 0 saturated carbocycles. The van der Waals surface area contributed by atoms with Crippen LogP contribution in [-0.2, 0) is 0 Å². The number of anilines is 1. The summed E-state index contributed by atoms with van der Waals surface area (Å²) in [4.78, 5) is 0. The molecule has 3 nitrogen and oxygen atoms in total. The topological polar surface area (TPSA) is 52.5 Å². The molecule has 60 valence electrons. The first-order valence-electron chi connectivity index (χ1n) is 3.42. The average Bonchev–Trinajstić information content (AvgIpc) is 2.05. The molecule has 0 aliphatic carbocycles. The van der Waals surface area contributed by atoms with Crippen molar-refractivity contribution < 1.29 is 10.3 Å². The molecule has 0 aliphatic rings. The lowest BCUT2D eigenvalue weighted by atomic mass is 10.1. The zero-order valence-corrected chi connectivity index (χ0v) is 6.28. The third-order valence-corrected chi connectivity index (χ3v) is 1.50. The van der Waals surface area contributed by atoms with Gasteiger partial charge in [-0.05, 0) is 24.6 Å². The quantitative estimate of drug-likeness (QED) is 0.565. The number of nitrogens with one attached hydrogen (secondary N) is 1. The van der Waals surface area contributed by atoms with Crippen LogP contribution in [0.25, 0.3) is 0 Å². The first kappa shape index (κ1) is 8.04. The molecule has 0 aliphatic heterocycles. The molecule has 0 bridgehead atoms. The first-order valence-corrected chi connectivity index (χ1v) is 3.42. The van der Waals surface area contributed by atoms with E-state index in [2.05, 4.69) is 0 Å². The number of aliphatic hydroxyl groups excluding tert-OH is 1. The van der Waals surface area contributed by atoms with Crippen molar-refractivity contribution in [3.05, 3.63) is 29.8 Å². The Labute approximate surface area is 65.3 Å². The molecule has 1 aromatic rings. The van der Waals surface area contributed by atoms with Gasteiger partial charge in [-0.15, -0.1) is 0 Å². The smallest absolute Gasteiger partial charge is 0.0762 e. The van der Waals surface area contributed by atoms with Crippen LogP contribution in [-0.4, -0.2) is 10.3 Å². The van der Waals surface area contributed by atoms with E-state index in [4.69, 9.17) is 10.3 Å². The minimum Gasteiger partial charge on any atom is -0.389 e. The van der Waals surface area contributed by atoms with Crippen molar-refractivity contribution in [1.29, 1.82) is 0 Å². The fourth-order valence-electron chi connectivity index (χ4n) is 0.868. The largest absolute Gasteiger partial charge is 0.389 e. The van der Waals surface area contributed by atoms with Gasteiger partial charge < -0.3 is 5.11 Å². The second-order valence-electron chi connectivity index (χ2n) is 2.41. The molecule has 0 aromatic heterocycles. The number of hydrogen-bond acceptors (Lipinski definition) is 3. The molecule has 0 radical (unpaired) electrons. The molecule has 3 heteroatoms. The van der Waals surface area contributed by atoms with Crippen LogP contribution >= 0.6 is 0 Å². The third kappa shape index (κ3) is 1.93. The molecule has 3 N–H and O–H groups in total. The summed E-state index contributed by atoms with van der Waals surface area (Å²) < 4.78 is 0. The summed E-state index contributed by atoms with van der Waals surface area (Å²) >= 11 is 0. The Kier molecular flexibility index (Phi) is 2.46. The second-order valence-corrected chi connectivity index (χ2v) is 2.41. The van der Waals surface area contributed by atoms with Crippen LogP contribution in [0.4, 0.5) is 5.69 Å². The van der Waals surface area contributed by atoms with Gasteiger partial charge in [-0.25, -0.2) is 0 Å². The van der Waals surface area contributed by atoms with Crippen molar-refractivity contribution in [3.8, 4) is 0 Å². The summed E-state index contributed by atoms with van der Waals surface area (Å²) in [7, 11) is 0. The lowest BCUT2D eigenvalue weighted by Crippen LogP contribution is -1.93. The standard InChI is InChI=1S/C8H11NO2/c1-6(10)7-3-2-4-8(5-7)9-11/h2-6,9-11H,1H3. The van der Waals surface area contributed by atoms with E-state index >= 15 is 0 Å². The SMILES string of the molecule is CC(O)c1cccc(NO)c1. The molecule has 0 heterocycles.